The van der Waals surface area contributed by atoms with E-state index in [4.69, 9.17) is 10.8 Å². The van der Waals surface area contributed by atoms with Crippen LogP contribution >= 0.6 is 0 Å². The summed E-state index contributed by atoms with van der Waals surface area (Å²) in [5, 5.41) is 48.0. The quantitative estimate of drug-likeness (QED) is 0.0985. The minimum Gasteiger partial charge on any atom is -0.480 e. The second-order valence-electron chi connectivity index (χ2n) is 9.32. The van der Waals surface area contributed by atoms with Gasteiger partial charge in [-0.1, -0.05) is 40.5 Å². The molecule has 0 rings (SSSR count). The Morgan fingerprint density at radius 2 is 0.973 bits per heavy atom. The van der Waals surface area contributed by atoms with Crippen LogP contribution in [-0.2, 0) is 24.0 Å². The molecule has 0 unspecified atom stereocenters. The fraction of sp³-hybridized carbons (Fsp3) is 0.783. The molecule has 0 aliphatic rings. The second kappa shape index (κ2) is 16.1. The first-order chi connectivity index (χ1) is 17.1. The molecule has 0 aromatic rings. The number of carboxylic acids is 1. The predicted octanol–water partition coefficient (Wildman–Crippen LogP) is -2.82. The molecule has 0 aromatic carbocycles. The van der Waals surface area contributed by atoms with Gasteiger partial charge >= 0.3 is 5.97 Å². The Morgan fingerprint density at radius 3 is 1.32 bits per heavy atom. The van der Waals surface area contributed by atoms with E-state index in [9.17, 15) is 39.3 Å². The lowest BCUT2D eigenvalue weighted by Crippen LogP contribution is -2.63. The van der Waals surface area contributed by atoms with Gasteiger partial charge in [0.2, 0.25) is 23.6 Å². The van der Waals surface area contributed by atoms with Crippen LogP contribution in [0.15, 0.2) is 0 Å². The van der Waals surface area contributed by atoms with Crippen LogP contribution < -0.4 is 27.0 Å². The van der Waals surface area contributed by atoms with Crippen molar-refractivity contribution in [1.29, 1.82) is 0 Å². The molecule has 0 aliphatic heterocycles. The standard InChI is InChI=1S/C23H43N5O9/c1-7-10(3)15(25-21(34)17(12(5)30)27-19(32)14(24)9-29)20(33)28-18(13(6)31)22(35)26-16(23(36)37)11(4)8-2/h10-18,29-31H,7-9,24H2,1-6H3,(H,25,34)(H,26,35)(H,27,32)(H,28,33)(H,36,37)/t10-,11-,12+,13+,14-,15-,16-,17-,18-/m0/s1. The van der Waals surface area contributed by atoms with Gasteiger partial charge in [-0.2, -0.15) is 0 Å². The SMILES string of the molecule is CC[C@H](C)[C@H](NC(=O)[C@@H](NC(=O)[C@@H](NC(=O)[C@@H](NC(=O)[C@@H](N)CO)[C@@H](C)O)[C@@H](C)CC)[C@@H](C)O)C(=O)O. The van der Waals surface area contributed by atoms with Crippen LogP contribution in [0.4, 0.5) is 0 Å². The van der Waals surface area contributed by atoms with E-state index in [1.54, 1.807) is 27.7 Å². The molecule has 0 saturated carbocycles. The summed E-state index contributed by atoms with van der Waals surface area (Å²) >= 11 is 0. The lowest BCUT2D eigenvalue weighted by Gasteiger charge is -2.30. The van der Waals surface area contributed by atoms with E-state index in [2.05, 4.69) is 21.3 Å². The summed E-state index contributed by atoms with van der Waals surface area (Å²) in [5.74, 6) is -5.76. The molecule has 0 saturated heterocycles. The maximum Gasteiger partial charge on any atom is 0.326 e. The molecule has 0 radical (unpaired) electrons. The molecule has 37 heavy (non-hydrogen) atoms. The molecule has 0 aliphatic carbocycles. The maximum absolute atomic E-state index is 13.1. The molecule has 0 bridgehead atoms. The summed E-state index contributed by atoms with van der Waals surface area (Å²) in [5.41, 5.74) is 5.44. The average Bonchev–Trinajstić information content (AvgIpc) is 2.84. The highest BCUT2D eigenvalue weighted by atomic mass is 16.4. The van der Waals surface area contributed by atoms with Gasteiger partial charge in [0.25, 0.3) is 0 Å². The van der Waals surface area contributed by atoms with Crippen molar-refractivity contribution < 1.29 is 44.4 Å². The van der Waals surface area contributed by atoms with Crippen molar-refractivity contribution in [2.75, 3.05) is 6.61 Å². The zero-order valence-corrected chi connectivity index (χ0v) is 22.2. The molecule has 0 aromatic heterocycles. The van der Waals surface area contributed by atoms with Gasteiger partial charge in [0.15, 0.2) is 0 Å². The number of aliphatic carboxylic acids is 1. The van der Waals surface area contributed by atoms with Gasteiger partial charge in [0.1, 0.15) is 30.2 Å². The van der Waals surface area contributed by atoms with E-state index in [0.717, 1.165) is 0 Å². The van der Waals surface area contributed by atoms with Crippen molar-refractivity contribution in [3.05, 3.63) is 0 Å². The molecule has 4 amide bonds. The van der Waals surface area contributed by atoms with E-state index in [0.29, 0.717) is 12.8 Å². The summed E-state index contributed by atoms with van der Waals surface area (Å²) < 4.78 is 0. The Balaban J connectivity index is 5.78. The van der Waals surface area contributed by atoms with Crippen LogP contribution in [0.3, 0.4) is 0 Å². The smallest absolute Gasteiger partial charge is 0.326 e. The van der Waals surface area contributed by atoms with Crippen molar-refractivity contribution in [2.45, 2.75) is 96.8 Å². The number of hydrogen-bond donors (Lipinski definition) is 9. The number of carboxylic acid groups (broad SMARTS) is 1. The van der Waals surface area contributed by atoms with E-state index in [1.165, 1.54) is 13.8 Å². The maximum atomic E-state index is 13.1. The minimum absolute atomic E-state index is 0.403. The highest BCUT2D eigenvalue weighted by Crippen LogP contribution is 2.12. The van der Waals surface area contributed by atoms with Crippen LogP contribution in [0.5, 0.6) is 0 Å². The van der Waals surface area contributed by atoms with Gasteiger partial charge in [-0.05, 0) is 25.7 Å². The number of aliphatic hydroxyl groups is 3. The summed E-state index contributed by atoms with van der Waals surface area (Å²) in [6.07, 6.45) is -1.94. The van der Waals surface area contributed by atoms with Crippen LogP contribution in [0.25, 0.3) is 0 Å². The molecule has 0 heterocycles. The zero-order chi connectivity index (χ0) is 29.0. The van der Waals surface area contributed by atoms with E-state index in [-0.39, 0.29) is 0 Å². The molecule has 9 atom stereocenters. The predicted molar refractivity (Wildman–Crippen MR) is 133 cm³/mol. The zero-order valence-electron chi connectivity index (χ0n) is 22.2. The third-order valence-corrected chi connectivity index (χ3v) is 6.23. The number of rotatable bonds is 16. The monoisotopic (exact) mass is 533 g/mol. The Hall–Kier alpha value is -2.81. The summed E-state index contributed by atoms with van der Waals surface area (Å²) in [6.45, 7) is 8.55. The first-order valence-corrected chi connectivity index (χ1v) is 12.3. The minimum atomic E-state index is -1.53. The second-order valence-corrected chi connectivity index (χ2v) is 9.32. The molecular weight excluding hydrogens is 490 g/mol. The third-order valence-electron chi connectivity index (χ3n) is 6.23. The van der Waals surface area contributed by atoms with Gasteiger partial charge < -0.3 is 47.4 Å². The number of nitrogens with one attached hydrogen (secondary N) is 4. The van der Waals surface area contributed by atoms with E-state index < -0.39 is 90.5 Å². The summed E-state index contributed by atoms with van der Waals surface area (Å²) in [6, 6.07) is -6.87. The lowest BCUT2D eigenvalue weighted by atomic mass is 9.96. The summed E-state index contributed by atoms with van der Waals surface area (Å²) in [7, 11) is 0. The fourth-order valence-electron chi connectivity index (χ4n) is 3.27. The van der Waals surface area contributed by atoms with Gasteiger partial charge in [0.05, 0.1) is 18.8 Å². The first-order valence-electron chi connectivity index (χ1n) is 12.3. The number of carbonyl (C=O) groups is 5. The molecular formula is C23H43N5O9. The number of aliphatic hydroxyl groups excluding tert-OH is 3. The molecule has 14 nitrogen and oxygen atoms in total. The summed E-state index contributed by atoms with van der Waals surface area (Å²) in [4.78, 5) is 62.4. The average molecular weight is 534 g/mol. The third kappa shape index (κ3) is 10.6. The molecule has 214 valence electrons. The van der Waals surface area contributed by atoms with E-state index in [1.807, 2.05) is 0 Å². The molecule has 14 heteroatoms. The van der Waals surface area contributed by atoms with Gasteiger partial charge in [-0.25, -0.2) is 4.79 Å². The van der Waals surface area contributed by atoms with Gasteiger partial charge in [0, 0.05) is 0 Å². The molecule has 0 spiro atoms. The van der Waals surface area contributed by atoms with Crippen LogP contribution in [0.2, 0.25) is 0 Å². The topological polar surface area (TPSA) is 240 Å². The highest BCUT2D eigenvalue weighted by Gasteiger charge is 2.36. The first kappa shape index (κ1) is 34.2. The van der Waals surface area contributed by atoms with Crippen molar-refractivity contribution in [3.63, 3.8) is 0 Å². The molecule has 0 fully saturated rings. The molecule has 10 N–H and O–H groups in total. The lowest BCUT2D eigenvalue weighted by molar-refractivity contribution is -0.144. The number of carbonyl (C=O) groups excluding carboxylic acids is 4. The van der Waals surface area contributed by atoms with Crippen molar-refractivity contribution >= 4 is 29.6 Å². The Labute approximate surface area is 216 Å². The highest BCUT2D eigenvalue weighted by molar-refractivity contribution is 5.96. The van der Waals surface area contributed by atoms with E-state index >= 15 is 0 Å². The number of nitrogens with two attached hydrogens (primary N) is 1. The van der Waals surface area contributed by atoms with Crippen LogP contribution in [-0.4, -0.2) is 99.0 Å². The van der Waals surface area contributed by atoms with Crippen LogP contribution in [0.1, 0.15) is 54.4 Å². The van der Waals surface area contributed by atoms with Crippen molar-refractivity contribution in [1.82, 2.24) is 21.3 Å². The number of hydrogen-bond acceptors (Lipinski definition) is 9. The normalized spacial score (nSPS) is 18.5. The van der Waals surface area contributed by atoms with Crippen LogP contribution in [0, 0.1) is 11.8 Å². The largest absolute Gasteiger partial charge is 0.480 e. The van der Waals surface area contributed by atoms with Crippen molar-refractivity contribution in [2.24, 2.45) is 17.6 Å². The fourth-order valence-corrected chi connectivity index (χ4v) is 3.27. The Morgan fingerprint density at radius 1 is 0.649 bits per heavy atom. The van der Waals surface area contributed by atoms with Gasteiger partial charge in [-0.15, -0.1) is 0 Å². The van der Waals surface area contributed by atoms with Gasteiger partial charge in [-0.3, -0.25) is 19.2 Å². The van der Waals surface area contributed by atoms with Crippen molar-refractivity contribution in [3.8, 4) is 0 Å². The Kier molecular flexibility index (Phi) is 14.9. The Bertz CT molecular complexity index is 793. The number of amides is 4.